The molecular weight excluding hydrogens is 428 g/mol. The van der Waals surface area contributed by atoms with Gasteiger partial charge in [-0.15, -0.1) is 0 Å². The number of pyridine rings is 1. The number of rotatable bonds is 6. The highest BCUT2D eigenvalue weighted by atomic mass is 32.2. The lowest BCUT2D eigenvalue weighted by Crippen LogP contribution is -2.24. The third kappa shape index (κ3) is 4.01. The molecule has 2 atom stereocenters. The third-order valence-corrected chi connectivity index (χ3v) is 7.89. The van der Waals surface area contributed by atoms with Crippen LogP contribution in [-0.4, -0.2) is 41.6 Å². The summed E-state index contributed by atoms with van der Waals surface area (Å²) in [6, 6.07) is 10.5. The first-order valence-corrected chi connectivity index (χ1v) is 12.0. The van der Waals surface area contributed by atoms with Crippen LogP contribution >= 0.6 is 0 Å². The lowest BCUT2D eigenvalue weighted by atomic mass is 9.83. The minimum Gasteiger partial charge on any atom is -0.338 e. The fourth-order valence-corrected chi connectivity index (χ4v) is 5.26. The molecule has 0 saturated heterocycles. The van der Waals surface area contributed by atoms with Crippen molar-refractivity contribution in [3.63, 3.8) is 0 Å². The molecule has 32 heavy (non-hydrogen) atoms. The second-order valence-electron chi connectivity index (χ2n) is 8.27. The molecule has 0 amide bonds. The van der Waals surface area contributed by atoms with E-state index >= 15 is 0 Å². The average molecular weight is 455 g/mol. The standard InChI is InChI=1S/C22H26N6O3S/c1-27(2)32(30,31)17-9-7-16(8-10-17)25-21-20-19(12-14-24-22(20)29)28(26-21)18-6-4-3-5-15(18)11-13-23/h7-10,12,14-15,18H,3-6,11H2,1-2H3,(H,24,29)(H,25,26). The Bertz CT molecular complexity index is 1320. The number of aromatic amines is 1. The summed E-state index contributed by atoms with van der Waals surface area (Å²) in [5, 5.41) is 17.6. The van der Waals surface area contributed by atoms with E-state index in [9.17, 15) is 18.5 Å². The number of hydrogen-bond acceptors (Lipinski definition) is 6. The Morgan fingerprint density at radius 3 is 2.62 bits per heavy atom. The molecule has 168 valence electrons. The Balaban J connectivity index is 1.73. The number of nitriles is 1. The number of nitrogens with zero attached hydrogens (tertiary/aromatic N) is 4. The quantitative estimate of drug-likeness (QED) is 0.589. The summed E-state index contributed by atoms with van der Waals surface area (Å²) in [6.07, 6.45) is 6.09. The van der Waals surface area contributed by atoms with E-state index in [0.29, 0.717) is 23.3 Å². The van der Waals surface area contributed by atoms with Gasteiger partial charge in [-0.3, -0.25) is 9.48 Å². The van der Waals surface area contributed by atoms with Gasteiger partial charge >= 0.3 is 0 Å². The van der Waals surface area contributed by atoms with Crippen molar-refractivity contribution in [3.05, 3.63) is 46.9 Å². The summed E-state index contributed by atoms with van der Waals surface area (Å²) in [5.41, 5.74) is 1.09. The normalized spacial score (nSPS) is 19.2. The Morgan fingerprint density at radius 1 is 1.22 bits per heavy atom. The number of hydrogen-bond donors (Lipinski definition) is 2. The maximum Gasteiger partial charge on any atom is 0.261 e. The molecular formula is C22H26N6O3S. The number of aromatic nitrogens is 3. The minimum absolute atomic E-state index is 0.0517. The van der Waals surface area contributed by atoms with Crippen molar-refractivity contribution in [1.29, 1.82) is 5.26 Å². The Hall–Kier alpha value is -3.16. The Morgan fingerprint density at radius 2 is 1.94 bits per heavy atom. The number of sulfonamides is 1. The first kappa shape index (κ1) is 22.0. The van der Waals surface area contributed by atoms with Gasteiger partial charge in [0.25, 0.3) is 5.56 Å². The molecule has 4 rings (SSSR count). The molecule has 0 aliphatic heterocycles. The highest BCUT2D eigenvalue weighted by Gasteiger charge is 2.29. The first-order valence-electron chi connectivity index (χ1n) is 10.6. The van der Waals surface area contributed by atoms with Crippen molar-refractivity contribution < 1.29 is 8.42 Å². The minimum atomic E-state index is -3.53. The highest BCUT2D eigenvalue weighted by molar-refractivity contribution is 7.89. The maximum atomic E-state index is 12.7. The summed E-state index contributed by atoms with van der Waals surface area (Å²) < 4.78 is 27.7. The van der Waals surface area contributed by atoms with Crippen LogP contribution in [0.3, 0.4) is 0 Å². The van der Waals surface area contributed by atoms with Gasteiger partial charge in [0.05, 0.1) is 22.5 Å². The van der Waals surface area contributed by atoms with Crippen LogP contribution in [0.15, 0.2) is 46.2 Å². The zero-order valence-corrected chi connectivity index (χ0v) is 18.9. The summed E-state index contributed by atoms with van der Waals surface area (Å²) in [7, 11) is -0.558. The van der Waals surface area contributed by atoms with E-state index in [1.807, 2.05) is 10.7 Å². The molecule has 2 N–H and O–H groups in total. The summed E-state index contributed by atoms with van der Waals surface area (Å²) in [4.78, 5) is 15.6. The van der Waals surface area contributed by atoms with Gasteiger partial charge in [-0.25, -0.2) is 12.7 Å². The van der Waals surface area contributed by atoms with Crippen molar-refractivity contribution in [2.45, 2.75) is 43.0 Å². The van der Waals surface area contributed by atoms with Gasteiger partial charge in [0, 0.05) is 32.4 Å². The molecule has 0 bridgehead atoms. The van der Waals surface area contributed by atoms with E-state index in [2.05, 4.69) is 16.4 Å². The van der Waals surface area contributed by atoms with Crippen molar-refractivity contribution in [3.8, 4) is 6.07 Å². The van der Waals surface area contributed by atoms with Crippen LogP contribution in [0.2, 0.25) is 0 Å². The van der Waals surface area contributed by atoms with Gasteiger partial charge < -0.3 is 10.3 Å². The molecule has 1 aromatic carbocycles. The molecule has 1 fully saturated rings. The van der Waals surface area contributed by atoms with Crippen LogP contribution in [0.5, 0.6) is 0 Å². The van der Waals surface area contributed by atoms with E-state index < -0.39 is 10.0 Å². The maximum absolute atomic E-state index is 12.7. The van der Waals surface area contributed by atoms with Crippen LogP contribution in [0, 0.1) is 17.2 Å². The zero-order valence-electron chi connectivity index (χ0n) is 18.1. The lowest BCUT2D eigenvalue weighted by molar-refractivity contribution is 0.232. The van der Waals surface area contributed by atoms with Crippen LogP contribution in [0.4, 0.5) is 11.5 Å². The Labute approximate surface area is 186 Å². The number of benzene rings is 1. The number of H-pyrrole nitrogens is 1. The van der Waals surface area contributed by atoms with Gasteiger partial charge in [0.2, 0.25) is 10.0 Å². The van der Waals surface area contributed by atoms with Gasteiger partial charge in [0.1, 0.15) is 5.39 Å². The third-order valence-electron chi connectivity index (χ3n) is 6.06. The first-order chi connectivity index (χ1) is 15.3. The molecule has 3 aromatic rings. The van der Waals surface area contributed by atoms with Gasteiger partial charge in [0.15, 0.2) is 5.82 Å². The highest BCUT2D eigenvalue weighted by Crippen LogP contribution is 2.38. The molecule has 1 saturated carbocycles. The number of nitrogens with one attached hydrogen (secondary N) is 2. The molecule has 10 heteroatoms. The van der Waals surface area contributed by atoms with E-state index in [1.54, 1.807) is 18.3 Å². The summed E-state index contributed by atoms with van der Waals surface area (Å²) in [6.45, 7) is 0. The molecule has 2 heterocycles. The van der Waals surface area contributed by atoms with Gasteiger partial charge in [-0.05, 0) is 49.1 Å². The predicted molar refractivity (Wildman–Crippen MR) is 122 cm³/mol. The smallest absolute Gasteiger partial charge is 0.261 e. The average Bonchev–Trinajstić information content (AvgIpc) is 3.14. The zero-order chi connectivity index (χ0) is 22.9. The molecule has 0 radical (unpaired) electrons. The molecule has 1 aliphatic carbocycles. The second kappa shape index (κ2) is 8.76. The van der Waals surface area contributed by atoms with E-state index in [-0.39, 0.29) is 22.4 Å². The summed E-state index contributed by atoms with van der Waals surface area (Å²) >= 11 is 0. The second-order valence-corrected chi connectivity index (χ2v) is 10.4. The van der Waals surface area contributed by atoms with Crippen LogP contribution in [-0.2, 0) is 10.0 Å². The monoisotopic (exact) mass is 454 g/mol. The molecule has 0 spiro atoms. The van der Waals surface area contributed by atoms with Gasteiger partial charge in [-0.2, -0.15) is 10.4 Å². The van der Waals surface area contributed by atoms with Crippen molar-refractivity contribution >= 4 is 32.4 Å². The van der Waals surface area contributed by atoms with Crippen molar-refractivity contribution in [2.24, 2.45) is 5.92 Å². The van der Waals surface area contributed by atoms with Crippen LogP contribution < -0.4 is 10.9 Å². The molecule has 2 unspecified atom stereocenters. The van der Waals surface area contributed by atoms with Crippen molar-refractivity contribution in [1.82, 2.24) is 19.1 Å². The van der Waals surface area contributed by atoms with Gasteiger partial charge in [-0.1, -0.05) is 12.8 Å². The van der Waals surface area contributed by atoms with Crippen LogP contribution in [0.25, 0.3) is 10.9 Å². The fraction of sp³-hybridized carbons (Fsp3) is 0.409. The van der Waals surface area contributed by atoms with E-state index in [0.717, 1.165) is 35.5 Å². The lowest BCUT2D eigenvalue weighted by Gasteiger charge is -2.30. The van der Waals surface area contributed by atoms with Crippen molar-refractivity contribution in [2.75, 3.05) is 19.4 Å². The van der Waals surface area contributed by atoms with Crippen LogP contribution in [0.1, 0.15) is 38.1 Å². The fourth-order valence-electron chi connectivity index (χ4n) is 4.36. The SMILES string of the molecule is CN(C)S(=O)(=O)c1ccc(Nc2nn(C3CCCCC3CC#N)c3cc[nH]c(=O)c23)cc1. The topological polar surface area (TPSA) is 124 Å². The summed E-state index contributed by atoms with van der Waals surface area (Å²) in [5.74, 6) is 0.603. The molecule has 2 aromatic heterocycles. The molecule has 9 nitrogen and oxygen atoms in total. The van der Waals surface area contributed by atoms with E-state index in [1.165, 1.54) is 26.2 Å². The molecule has 1 aliphatic rings. The van der Waals surface area contributed by atoms with E-state index in [4.69, 9.17) is 5.10 Å². The Kier molecular flexibility index (Phi) is 6.04. The predicted octanol–water partition coefficient (Wildman–Crippen LogP) is 3.36. The largest absolute Gasteiger partial charge is 0.338 e. The number of anilines is 2. The number of fused-ring (bicyclic) bond motifs is 1.